The molecule has 2 N–H and O–H groups in total. The average molecular weight is 421 g/mol. The molecule has 0 aliphatic rings. The standard InChI is InChI=1S/C22H19N3O6/c1-27-15-6-8-17(9-7-15)28-12-18-10-11-19(30-18)22-24-21(25-31-22)14-2-4-16(5-3-14)29-13-20(23)26/h2-11H,12-13H2,1H3,(H2,23,26). The van der Waals surface area contributed by atoms with Crippen molar-refractivity contribution in [2.75, 3.05) is 13.7 Å². The number of carbonyl (C=O) groups excluding carboxylic acids is 1. The fourth-order valence-electron chi connectivity index (χ4n) is 2.69. The smallest absolute Gasteiger partial charge is 0.293 e. The number of nitrogens with zero attached hydrogens (tertiary/aromatic N) is 2. The number of primary amides is 1. The summed E-state index contributed by atoms with van der Waals surface area (Å²) in [6.07, 6.45) is 0. The molecule has 0 aliphatic carbocycles. The number of benzene rings is 2. The van der Waals surface area contributed by atoms with Crippen LogP contribution in [0.3, 0.4) is 0 Å². The third-order valence-electron chi connectivity index (χ3n) is 4.23. The zero-order valence-electron chi connectivity index (χ0n) is 16.6. The molecule has 0 atom stereocenters. The van der Waals surface area contributed by atoms with Crippen LogP contribution in [-0.2, 0) is 11.4 Å². The van der Waals surface area contributed by atoms with Crippen molar-refractivity contribution in [2.45, 2.75) is 6.61 Å². The molecule has 2 aromatic heterocycles. The van der Waals surface area contributed by atoms with Crippen molar-refractivity contribution in [1.29, 1.82) is 0 Å². The van der Waals surface area contributed by atoms with E-state index < -0.39 is 5.91 Å². The molecule has 2 heterocycles. The van der Waals surface area contributed by atoms with Crippen LogP contribution in [0.1, 0.15) is 5.76 Å². The summed E-state index contributed by atoms with van der Waals surface area (Å²) in [5.74, 6) is 3.12. The molecule has 0 fully saturated rings. The van der Waals surface area contributed by atoms with Gasteiger partial charge in [-0.3, -0.25) is 4.79 Å². The summed E-state index contributed by atoms with van der Waals surface area (Å²) in [5.41, 5.74) is 5.78. The van der Waals surface area contributed by atoms with Crippen molar-refractivity contribution in [3.8, 4) is 40.3 Å². The van der Waals surface area contributed by atoms with Gasteiger partial charge in [-0.1, -0.05) is 5.16 Å². The molecule has 0 spiro atoms. The third kappa shape index (κ3) is 5.02. The van der Waals surface area contributed by atoms with E-state index in [0.717, 1.165) is 11.3 Å². The van der Waals surface area contributed by atoms with Crippen LogP contribution in [0.2, 0.25) is 0 Å². The molecule has 0 aliphatic heterocycles. The lowest BCUT2D eigenvalue weighted by atomic mass is 10.2. The average Bonchev–Trinajstić information content (AvgIpc) is 3.47. The largest absolute Gasteiger partial charge is 0.497 e. The van der Waals surface area contributed by atoms with Gasteiger partial charge < -0.3 is 28.9 Å². The molecule has 2 aromatic carbocycles. The molecule has 0 unspecified atom stereocenters. The van der Waals surface area contributed by atoms with Crippen LogP contribution in [0.25, 0.3) is 23.0 Å². The van der Waals surface area contributed by atoms with Crippen molar-refractivity contribution in [3.05, 3.63) is 66.4 Å². The van der Waals surface area contributed by atoms with Crippen LogP contribution < -0.4 is 19.9 Å². The summed E-state index contributed by atoms with van der Waals surface area (Å²) in [5, 5.41) is 3.98. The van der Waals surface area contributed by atoms with Gasteiger partial charge >= 0.3 is 0 Å². The Labute approximate surface area is 177 Å². The number of aromatic nitrogens is 2. The monoisotopic (exact) mass is 421 g/mol. The molecule has 0 saturated carbocycles. The van der Waals surface area contributed by atoms with Crippen LogP contribution in [0.5, 0.6) is 17.2 Å². The fourth-order valence-corrected chi connectivity index (χ4v) is 2.69. The maximum Gasteiger partial charge on any atom is 0.293 e. The number of hydrogen-bond acceptors (Lipinski definition) is 8. The van der Waals surface area contributed by atoms with Crippen molar-refractivity contribution < 1.29 is 27.9 Å². The van der Waals surface area contributed by atoms with Gasteiger partial charge in [-0.25, -0.2) is 0 Å². The number of hydrogen-bond donors (Lipinski definition) is 1. The molecule has 31 heavy (non-hydrogen) atoms. The number of furan rings is 1. The van der Waals surface area contributed by atoms with Gasteiger partial charge in [0.05, 0.1) is 7.11 Å². The highest BCUT2D eigenvalue weighted by Crippen LogP contribution is 2.26. The highest BCUT2D eigenvalue weighted by Gasteiger charge is 2.15. The summed E-state index contributed by atoms with van der Waals surface area (Å²) in [7, 11) is 1.61. The van der Waals surface area contributed by atoms with E-state index in [9.17, 15) is 4.79 Å². The topological polar surface area (TPSA) is 123 Å². The minimum absolute atomic E-state index is 0.186. The van der Waals surface area contributed by atoms with E-state index in [4.69, 9.17) is 28.9 Å². The summed E-state index contributed by atoms with van der Waals surface area (Å²) in [6, 6.07) is 17.7. The van der Waals surface area contributed by atoms with E-state index in [0.29, 0.717) is 28.8 Å². The first-order chi connectivity index (χ1) is 15.1. The van der Waals surface area contributed by atoms with Crippen LogP contribution >= 0.6 is 0 Å². The maximum atomic E-state index is 10.8. The first-order valence-corrected chi connectivity index (χ1v) is 9.32. The van der Waals surface area contributed by atoms with Gasteiger partial charge in [0.1, 0.15) is 29.6 Å². The lowest BCUT2D eigenvalue weighted by Crippen LogP contribution is -2.19. The van der Waals surface area contributed by atoms with Crippen LogP contribution in [0.4, 0.5) is 0 Å². The van der Waals surface area contributed by atoms with E-state index in [1.54, 1.807) is 43.5 Å². The Hall–Kier alpha value is -4.27. The highest BCUT2D eigenvalue weighted by molar-refractivity contribution is 5.75. The van der Waals surface area contributed by atoms with Crippen LogP contribution in [0.15, 0.2) is 69.6 Å². The number of methoxy groups -OCH3 is 1. The van der Waals surface area contributed by atoms with Crippen molar-refractivity contribution in [2.24, 2.45) is 5.73 Å². The molecule has 0 saturated heterocycles. The zero-order valence-corrected chi connectivity index (χ0v) is 16.6. The Bertz CT molecular complexity index is 1150. The van der Waals surface area contributed by atoms with Gasteiger partial charge in [0.2, 0.25) is 5.82 Å². The molecular weight excluding hydrogens is 402 g/mol. The quantitative estimate of drug-likeness (QED) is 0.436. The minimum Gasteiger partial charge on any atom is -0.497 e. The third-order valence-corrected chi connectivity index (χ3v) is 4.23. The molecule has 158 valence electrons. The van der Waals surface area contributed by atoms with Gasteiger partial charge in [-0.2, -0.15) is 4.98 Å². The number of nitrogens with two attached hydrogens (primary N) is 1. The van der Waals surface area contributed by atoms with Gasteiger partial charge in [0.15, 0.2) is 12.4 Å². The van der Waals surface area contributed by atoms with Crippen molar-refractivity contribution in [1.82, 2.24) is 10.1 Å². The molecule has 9 heteroatoms. The van der Waals surface area contributed by atoms with E-state index in [-0.39, 0.29) is 19.1 Å². The number of rotatable bonds is 9. The van der Waals surface area contributed by atoms with Crippen molar-refractivity contribution >= 4 is 5.91 Å². The van der Waals surface area contributed by atoms with E-state index in [2.05, 4.69) is 10.1 Å². The molecular formula is C22H19N3O6. The Balaban J connectivity index is 1.38. The molecule has 4 aromatic rings. The van der Waals surface area contributed by atoms with Crippen LogP contribution in [0, 0.1) is 0 Å². The Morgan fingerprint density at radius 1 is 0.935 bits per heavy atom. The van der Waals surface area contributed by atoms with Gasteiger partial charge in [0, 0.05) is 5.56 Å². The first-order valence-electron chi connectivity index (χ1n) is 9.32. The zero-order chi connectivity index (χ0) is 21.6. The predicted molar refractivity (Wildman–Crippen MR) is 109 cm³/mol. The number of carbonyl (C=O) groups is 1. The van der Waals surface area contributed by atoms with Gasteiger partial charge in [-0.15, -0.1) is 0 Å². The lowest BCUT2D eigenvalue weighted by Gasteiger charge is -2.05. The molecule has 0 radical (unpaired) electrons. The molecule has 4 rings (SSSR count). The van der Waals surface area contributed by atoms with Gasteiger partial charge in [0.25, 0.3) is 11.8 Å². The van der Waals surface area contributed by atoms with E-state index >= 15 is 0 Å². The molecule has 9 nitrogen and oxygen atoms in total. The predicted octanol–water partition coefficient (Wildman–Crippen LogP) is 3.45. The number of amides is 1. The fraction of sp³-hybridized carbons (Fsp3) is 0.136. The maximum absolute atomic E-state index is 10.8. The number of ether oxygens (including phenoxy) is 3. The second-order valence-corrected chi connectivity index (χ2v) is 6.43. The SMILES string of the molecule is COc1ccc(OCc2ccc(-c3nc(-c4ccc(OCC(N)=O)cc4)no3)o2)cc1. The van der Waals surface area contributed by atoms with E-state index in [1.807, 2.05) is 24.3 Å². The summed E-state index contributed by atoms with van der Waals surface area (Å²) in [6.45, 7) is 0.0643. The summed E-state index contributed by atoms with van der Waals surface area (Å²) in [4.78, 5) is 15.1. The lowest BCUT2D eigenvalue weighted by molar-refractivity contribution is -0.119. The Morgan fingerprint density at radius 3 is 2.32 bits per heavy atom. The summed E-state index contributed by atoms with van der Waals surface area (Å²) < 4.78 is 27.1. The van der Waals surface area contributed by atoms with E-state index in [1.165, 1.54) is 0 Å². The van der Waals surface area contributed by atoms with Gasteiger partial charge in [-0.05, 0) is 60.7 Å². The van der Waals surface area contributed by atoms with Crippen LogP contribution in [-0.4, -0.2) is 29.8 Å². The first kappa shape index (κ1) is 20.0. The Morgan fingerprint density at radius 2 is 1.61 bits per heavy atom. The molecule has 0 bridgehead atoms. The normalized spacial score (nSPS) is 10.6. The Kier molecular flexibility index (Phi) is 5.84. The second-order valence-electron chi connectivity index (χ2n) is 6.43. The van der Waals surface area contributed by atoms with Crippen molar-refractivity contribution in [3.63, 3.8) is 0 Å². The molecule has 1 amide bonds. The highest BCUT2D eigenvalue weighted by atomic mass is 16.5. The minimum atomic E-state index is -0.542. The summed E-state index contributed by atoms with van der Waals surface area (Å²) >= 11 is 0. The second kappa shape index (κ2) is 9.04.